The SMILES string of the molecule is Cn1c(-c2cccc(F)c2)nc2c(N)nc(C=CC3(O)CCCC3)nc21. The molecule has 4 rings (SSSR count). The van der Waals surface area contributed by atoms with E-state index in [1.807, 2.05) is 0 Å². The van der Waals surface area contributed by atoms with E-state index in [-0.39, 0.29) is 11.6 Å². The molecule has 0 atom stereocenters. The second-order valence-electron chi connectivity index (χ2n) is 6.79. The van der Waals surface area contributed by atoms with E-state index in [0.29, 0.717) is 28.4 Å². The summed E-state index contributed by atoms with van der Waals surface area (Å²) in [5, 5.41) is 10.4. The molecule has 2 heterocycles. The van der Waals surface area contributed by atoms with Gasteiger partial charge in [-0.05, 0) is 37.1 Å². The van der Waals surface area contributed by atoms with Crippen LogP contribution in [0.3, 0.4) is 0 Å². The Labute approximate surface area is 150 Å². The van der Waals surface area contributed by atoms with Crippen LogP contribution in [0.5, 0.6) is 0 Å². The summed E-state index contributed by atoms with van der Waals surface area (Å²) >= 11 is 0. The van der Waals surface area contributed by atoms with Crippen molar-refractivity contribution in [3.8, 4) is 11.4 Å². The van der Waals surface area contributed by atoms with Crippen LogP contribution in [0.2, 0.25) is 0 Å². The average molecular weight is 353 g/mol. The van der Waals surface area contributed by atoms with E-state index in [4.69, 9.17) is 5.73 Å². The Kier molecular flexibility index (Phi) is 3.96. The largest absolute Gasteiger partial charge is 0.386 e. The summed E-state index contributed by atoms with van der Waals surface area (Å²) in [4.78, 5) is 13.3. The van der Waals surface area contributed by atoms with Gasteiger partial charge < -0.3 is 15.4 Å². The number of aromatic nitrogens is 4. The number of nitrogens with two attached hydrogens (primary N) is 1. The second-order valence-corrected chi connectivity index (χ2v) is 6.79. The number of anilines is 1. The molecule has 3 N–H and O–H groups in total. The Hall–Kier alpha value is -2.80. The number of halogens is 1. The Morgan fingerprint density at radius 3 is 2.73 bits per heavy atom. The molecule has 6 nitrogen and oxygen atoms in total. The van der Waals surface area contributed by atoms with E-state index in [2.05, 4.69) is 15.0 Å². The first-order valence-electron chi connectivity index (χ1n) is 8.63. The van der Waals surface area contributed by atoms with E-state index in [0.717, 1.165) is 25.7 Å². The second kappa shape index (κ2) is 6.17. The minimum absolute atomic E-state index is 0.256. The van der Waals surface area contributed by atoms with Crippen molar-refractivity contribution in [2.45, 2.75) is 31.3 Å². The van der Waals surface area contributed by atoms with Crippen molar-refractivity contribution < 1.29 is 9.50 Å². The van der Waals surface area contributed by atoms with Crippen LogP contribution in [0.25, 0.3) is 28.6 Å². The van der Waals surface area contributed by atoms with E-state index in [1.165, 1.54) is 12.1 Å². The first-order chi connectivity index (χ1) is 12.5. The van der Waals surface area contributed by atoms with E-state index >= 15 is 0 Å². The fourth-order valence-corrected chi connectivity index (χ4v) is 3.44. The van der Waals surface area contributed by atoms with Crippen LogP contribution in [-0.2, 0) is 7.05 Å². The van der Waals surface area contributed by atoms with Gasteiger partial charge in [0.05, 0.1) is 5.60 Å². The summed E-state index contributed by atoms with van der Waals surface area (Å²) < 4.78 is 15.3. The molecule has 0 radical (unpaired) electrons. The number of benzene rings is 1. The van der Waals surface area contributed by atoms with Gasteiger partial charge in [0, 0.05) is 12.6 Å². The van der Waals surface area contributed by atoms with E-state index in [1.54, 1.807) is 35.9 Å². The van der Waals surface area contributed by atoms with Gasteiger partial charge in [-0.15, -0.1) is 0 Å². The average Bonchev–Trinajstić information content (AvgIpc) is 3.18. The number of hydrogen-bond donors (Lipinski definition) is 2. The third-order valence-electron chi connectivity index (χ3n) is 4.86. The monoisotopic (exact) mass is 353 g/mol. The predicted octanol–water partition coefficient (Wildman–Crippen LogP) is 3.07. The molecule has 0 saturated heterocycles. The normalized spacial score (nSPS) is 16.7. The standard InChI is InChI=1S/C19H20FN5O/c1-25-17(12-5-4-6-13(20)11-12)24-15-16(21)22-14(23-18(15)25)7-10-19(26)8-2-3-9-19/h4-7,10-11,26H,2-3,8-9H2,1H3,(H2,21,22,23). The van der Waals surface area contributed by atoms with Gasteiger partial charge in [-0.3, -0.25) is 0 Å². The molecule has 0 aliphatic heterocycles. The molecule has 1 aromatic carbocycles. The molecule has 0 spiro atoms. The lowest BCUT2D eigenvalue weighted by atomic mass is 10.0. The molecule has 26 heavy (non-hydrogen) atoms. The van der Waals surface area contributed by atoms with Gasteiger partial charge in [0.15, 0.2) is 22.8 Å². The highest BCUT2D eigenvalue weighted by Crippen LogP contribution is 2.31. The van der Waals surface area contributed by atoms with Crippen LogP contribution in [-0.4, -0.2) is 30.2 Å². The summed E-state index contributed by atoms with van der Waals surface area (Å²) in [6.45, 7) is 0. The van der Waals surface area contributed by atoms with Crippen LogP contribution in [0.4, 0.5) is 10.2 Å². The molecule has 7 heteroatoms. The lowest BCUT2D eigenvalue weighted by molar-refractivity contribution is 0.100. The maximum Gasteiger partial charge on any atom is 0.166 e. The highest BCUT2D eigenvalue weighted by Gasteiger charge is 2.28. The highest BCUT2D eigenvalue weighted by atomic mass is 19.1. The van der Waals surface area contributed by atoms with Gasteiger partial charge in [0.25, 0.3) is 0 Å². The summed E-state index contributed by atoms with van der Waals surface area (Å²) in [7, 11) is 1.81. The molecule has 0 amide bonds. The van der Waals surface area contributed by atoms with E-state index in [9.17, 15) is 9.50 Å². The van der Waals surface area contributed by atoms with Crippen molar-refractivity contribution in [2.75, 3.05) is 5.73 Å². The lowest BCUT2D eigenvalue weighted by Gasteiger charge is -2.16. The number of fused-ring (bicyclic) bond motifs is 1. The number of aryl methyl sites for hydroxylation is 1. The zero-order valence-electron chi connectivity index (χ0n) is 14.5. The van der Waals surface area contributed by atoms with Gasteiger partial charge in [0.1, 0.15) is 11.6 Å². The third-order valence-corrected chi connectivity index (χ3v) is 4.86. The minimum Gasteiger partial charge on any atom is -0.386 e. The summed E-state index contributed by atoms with van der Waals surface area (Å²) in [5.74, 6) is 0.911. The third kappa shape index (κ3) is 2.94. The van der Waals surface area contributed by atoms with Crippen molar-refractivity contribution in [3.05, 3.63) is 42.0 Å². The summed E-state index contributed by atoms with van der Waals surface area (Å²) in [5.41, 5.74) is 6.96. The van der Waals surface area contributed by atoms with Gasteiger partial charge in [-0.2, -0.15) is 0 Å². The fourth-order valence-electron chi connectivity index (χ4n) is 3.44. The molecule has 3 aromatic rings. The van der Waals surface area contributed by atoms with Gasteiger partial charge in [0.2, 0.25) is 0 Å². The predicted molar refractivity (Wildman–Crippen MR) is 98.6 cm³/mol. The molecule has 1 aliphatic rings. The number of rotatable bonds is 3. The molecule has 1 saturated carbocycles. The quantitative estimate of drug-likeness (QED) is 0.755. The molecule has 134 valence electrons. The van der Waals surface area contributed by atoms with E-state index < -0.39 is 5.60 Å². The van der Waals surface area contributed by atoms with Gasteiger partial charge in [-0.1, -0.05) is 25.0 Å². The Morgan fingerprint density at radius 1 is 1.23 bits per heavy atom. The van der Waals surface area contributed by atoms with Crippen LogP contribution >= 0.6 is 0 Å². The maximum atomic E-state index is 13.5. The Balaban J connectivity index is 1.77. The van der Waals surface area contributed by atoms with Crippen LogP contribution in [0.15, 0.2) is 30.3 Å². The first-order valence-corrected chi connectivity index (χ1v) is 8.63. The molecule has 1 fully saturated rings. The van der Waals surface area contributed by atoms with Crippen LogP contribution in [0, 0.1) is 5.82 Å². The number of nitrogens with zero attached hydrogens (tertiary/aromatic N) is 4. The van der Waals surface area contributed by atoms with Crippen molar-refractivity contribution in [1.29, 1.82) is 0 Å². The zero-order chi connectivity index (χ0) is 18.3. The topological polar surface area (TPSA) is 89.9 Å². The molecular formula is C19H20FN5O. The number of aliphatic hydroxyl groups is 1. The first kappa shape index (κ1) is 16.7. The van der Waals surface area contributed by atoms with Crippen LogP contribution in [0.1, 0.15) is 31.5 Å². The molecule has 0 bridgehead atoms. The molecule has 1 aliphatic carbocycles. The van der Waals surface area contributed by atoms with Crippen LogP contribution < -0.4 is 5.73 Å². The number of hydrogen-bond acceptors (Lipinski definition) is 5. The fraction of sp³-hybridized carbons (Fsp3) is 0.316. The van der Waals surface area contributed by atoms with Crippen molar-refractivity contribution in [3.63, 3.8) is 0 Å². The number of imidazole rings is 1. The summed E-state index contributed by atoms with van der Waals surface area (Å²) in [6.07, 6.45) is 6.98. The summed E-state index contributed by atoms with van der Waals surface area (Å²) in [6, 6.07) is 6.22. The molecule has 2 aromatic heterocycles. The van der Waals surface area contributed by atoms with Crippen molar-refractivity contribution >= 4 is 23.1 Å². The van der Waals surface area contributed by atoms with Gasteiger partial charge >= 0.3 is 0 Å². The Bertz CT molecular complexity index is 1000. The van der Waals surface area contributed by atoms with Crippen molar-refractivity contribution in [1.82, 2.24) is 19.5 Å². The smallest absolute Gasteiger partial charge is 0.166 e. The minimum atomic E-state index is -0.785. The van der Waals surface area contributed by atoms with Gasteiger partial charge in [-0.25, -0.2) is 19.3 Å². The highest BCUT2D eigenvalue weighted by molar-refractivity contribution is 5.86. The zero-order valence-corrected chi connectivity index (χ0v) is 14.5. The lowest BCUT2D eigenvalue weighted by Crippen LogP contribution is -2.19. The maximum absolute atomic E-state index is 13.5. The number of nitrogen functional groups attached to an aromatic ring is 1. The van der Waals surface area contributed by atoms with Crippen molar-refractivity contribution in [2.24, 2.45) is 7.05 Å². The molecular weight excluding hydrogens is 333 g/mol. The molecule has 0 unspecified atom stereocenters. The Morgan fingerprint density at radius 2 is 2.00 bits per heavy atom.